The third kappa shape index (κ3) is 3.74. The molecule has 0 radical (unpaired) electrons. The van der Waals surface area contributed by atoms with Gasteiger partial charge in [0.15, 0.2) is 0 Å². The summed E-state index contributed by atoms with van der Waals surface area (Å²) in [7, 11) is 0. The summed E-state index contributed by atoms with van der Waals surface area (Å²) in [6.07, 6.45) is 1.15. The van der Waals surface area contributed by atoms with Crippen molar-refractivity contribution in [3.63, 3.8) is 0 Å². The first-order valence-corrected chi connectivity index (χ1v) is 9.78. The topological polar surface area (TPSA) is 91.0 Å². The number of urea groups is 1. The third-order valence-electron chi connectivity index (χ3n) is 5.76. The van der Waals surface area contributed by atoms with Gasteiger partial charge in [0, 0.05) is 36.4 Å². The Morgan fingerprint density at radius 2 is 1.96 bits per heavy atom. The maximum absolute atomic E-state index is 12.6. The van der Waals surface area contributed by atoms with Gasteiger partial charge in [-0.2, -0.15) is 0 Å². The molecule has 3 atom stereocenters. The molecular formula is C20H26N4O4. The molecule has 150 valence electrons. The summed E-state index contributed by atoms with van der Waals surface area (Å²) in [5.74, 6) is 0.0361. The van der Waals surface area contributed by atoms with Gasteiger partial charge < -0.3 is 10.1 Å². The Morgan fingerprint density at radius 1 is 1.21 bits per heavy atom. The molecule has 8 nitrogen and oxygen atoms in total. The highest BCUT2D eigenvalue weighted by atomic mass is 16.5. The number of morpholine rings is 1. The number of amides is 4. The normalized spacial score (nSPS) is 27.8. The number of carbonyl (C=O) groups is 3. The number of rotatable bonds is 4. The number of benzene rings is 1. The Labute approximate surface area is 164 Å². The third-order valence-corrected chi connectivity index (χ3v) is 5.76. The van der Waals surface area contributed by atoms with E-state index in [0.29, 0.717) is 23.2 Å². The van der Waals surface area contributed by atoms with Crippen LogP contribution in [0.2, 0.25) is 0 Å². The fraction of sp³-hybridized carbons (Fsp3) is 0.550. The summed E-state index contributed by atoms with van der Waals surface area (Å²) >= 11 is 0. The summed E-state index contributed by atoms with van der Waals surface area (Å²) in [5.41, 5.74) is 1.13. The number of carbonyl (C=O) groups excluding carboxylic acids is 3. The van der Waals surface area contributed by atoms with Gasteiger partial charge in [0.05, 0.1) is 12.7 Å². The molecular weight excluding hydrogens is 360 g/mol. The van der Waals surface area contributed by atoms with E-state index < -0.39 is 6.03 Å². The van der Waals surface area contributed by atoms with Crippen LogP contribution in [0.15, 0.2) is 24.3 Å². The molecule has 0 aliphatic carbocycles. The molecule has 4 rings (SSSR count). The maximum Gasteiger partial charge on any atom is 0.329 e. The van der Waals surface area contributed by atoms with E-state index in [0.717, 1.165) is 26.1 Å². The van der Waals surface area contributed by atoms with Crippen molar-refractivity contribution in [3.05, 3.63) is 29.8 Å². The first-order chi connectivity index (χ1) is 13.4. The lowest BCUT2D eigenvalue weighted by Gasteiger charge is -2.36. The van der Waals surface area contributed by atoms with E-state index in [-0.39, 0.29) is 30.5 Å². The minimum atomic E-state index is -0.438. The van der Waals surface area contributed by atoms with E-state index in [1.165, 1.54) is 4.90 Å². The summed E-state index contributed by atoms with van der Waals surface area (Å²) in [5, 5.41) is 5.36. The van der Waals surface area contributed by atoms with Gasteiger partial charge in [0.2, 0.25) is 5.91 Å². The van der Waals surface area contributed by atoms with E-state index >= 15 is 0 Å². The molecule has 0 saturated carbocycles. The molecule has 3 aliphatic rings. The molecule has 2 N–H and O–H groups in total. The van der Waals surface area contributed by atoms with E-state index in [1.807, 2.05) is 0 Å². The Balaban J connectivity index is 1.34. The summed E-state index contributed by atoms with van der Waals surface area (Å²) < 4.78 is 5.95. The van der Waals surface area contributed by atoms with Crippen LogP contribution >= 0.6 is 0 Å². The Morgan fingerprint density at radius 3 is 2.61 bits per heavy atom. The second kappa shape index (κ2) is 7.52. The molecule has 0 bridgehead atoms. The van der Waals surface area contributed by atoms with Crippen LogP contribution in [-0.4, -0.2) is 67.2 Å². The van der Waals surface area contributed by atoms with Gasteiger partial charge in [-0.3, -0.25) is 24.7 Å². The van der Waals surface area contributed by atoms with Crippen molar-refractivity contribution in [3.8, 4) is 0 Å². The predicted molar refractivity (Wildman–Crippen MR) is 103 cm³/mol. The highest BCUT2D eigenvalue weighted by Gasteiger charge is 2.38. The Kier molecular flexibility index (Phi) is 5.07. The van der Waals surface area contributed by atoms with Crippen molar-refractivity contribution in [1.82, 2.24) is 15.5 Å². The molecule has 4 amide bonds. The number of hydrogen-bond acceptors (Lipinski definition) is 5. The zero-order valence-electron chi connectivity index (χ0n) is 16.2. The van der Waals surface area contributed by atoms with Crippen LogP contribution in [0.3, 0.4) is 0 Å². The van der Waals surface area contributed by atoms with Crippen LogP contribution < -0.4 is 15.5 Å². The lowest BCUT2D eigenvalue weighted by molar-refractivity contribution is -0.117. The van der Waals surface area contributed by atoms with Crippen LogP contribution in [-0.2, 0) is 9.53 Å². The zero-order chi connectivity index (χ0) is 19.8. The van der Waals surface area contributed by atoms with Crippen molar-refractivity contribution in [2.24, 2.45) is 5.92 Å². The Hall–Kier alpha value is -2.45. The Bertz CT molecular complexity index is 779. The van der Waals surface area contributed by atoms with Gasteiger partial charge in [-0.1, -0.05) is 13.8 Å². The summed E-state index contributed by atoms with van der Waals surface area (Å²) in [6.45, 7) is 6.83. The summed E-state index contributed by atoms with van der Waals surface area (Å²) in [4.78, 5) is 39.4. The highest BCUT2D eigenvalue weighted by Crippen LogP contribution is 2.26. The van der Waals surface area contributed by atoms with Crippen molar-refractivity contribution >= 4 is 23.5 Å². The van der Waals surface area contributed by atoms with Crippen LogP contribution in [0.5, 0.6) is 0 Å². The van der Waals surface area contributed by atoms with Crippen molar-refractivity contribution in [2.45, 2.75) is 38.5 Å². The van der Waals surface area contributed by atoms with Gasteiger partial charge in [-0.25, -0.2) is 4.79 Å². The van der Waals surface area contributed by atoms with Crippen LogP contribution in [0.1, 0.15) is 30.6 Å². The lowest BCUT2D eigenvalue weighted by Crippen LogP contribution is -2.48. The smallest absolute Gasteiger partial charge is 0.329 e. The second-order valence-corrected chi connectivity index (χ2v) is 8.12. The van der Waals surface area contributed by atoms with E-state index in [4.69, 9.17) is 4.74 Å². The number of hydrogen-bond donors (Lipinski definition) is 2. The van der Waals surface area contributed by atoms with Crippen LogP contribution in [0.25, 0.3) is 0 Å². The molecule has 28 heavy (non-hydrogen) atoms. The number of nitrogens with one attached hydrogen (secondary N) is 2. The lowest BCUT2D eigenvalue weighted by atomic mass is 10.0. The van der Waals surface area contributed by atoms with Crippen molar-refractivity contribution in [1.29, 1.82) is 0 Å². The van der Waals surface area contributed by atoms with Gasteiger partial charge >= 0.3 is 6.03 Å². The highest BCUT2D eigenvalue weighted by molar-refractivity contribution is 6.12. The van der Waals surface area contributed by atoms with Crippen LogP contribution in [0.4, 0.5) is 10.5 Å². The van der Waals surface area contributed by atoms with Gasteiger partial charge in [0.25, 0.3) is 5.91 Å². The molecule has 0 unspecified atom stereocenters. The molecule has 0 aromatic heterocycles. The number of imide groups is 1. The molecule has 1 aromatic rings. The molecule has 1 aromatic carbocycles. The van der Waals surface area contributed by atoms with Crippen molar-refractivity contribution in [2.75, 3.05) is 31.1 Å². The largest absolute Gasteiger partial charge is 0.375 e. The molecule has 8 heteroatoms. The molecule has 3 heterocycles. The van der Waals surface area contributed by atoms with E-state index in [9.17, 15) is 14.4 Å². The molecule has 3 fully saturated rings. The van der Waals surface area contributed by atoms with E-state index in [1.54, 1.807) is 24.3 Å². The van der Waals surface area contributed by atoms with Gasteiger partial charge in [-0.15, -0.1) is 0 Å². The zero-order valence-corrected chi connectivity index (χ0v) is 16.2. The first kappa shape index (κ1) is 18.9. The van der Waals surface area contributed by atoms with Crippen LogP contribution in [0, 0.1) is 5.92 Å². The number of fused-ring (bicyclic) bond motifs is 1. The molecule has 3 aliphatic heterocycles. The quantitative estimate of drug-likeness (QED) is 0.753. The minimum Gasteiger partial charge on any atom is -0.375 e. The summed E-state index contributed by atoms with van der Waals surface area (Å²) in [6, 6.07) is 6.77. The number of anilines is 1. The standard InChI is InChI=1S/C20H26N4O4/c1-12(2)17-9-23-8-14(7-16(23)11-28-17)21-19(26)13-3-5-15(6-4-13)24-10-18(25)22-20(24)27/h3-6,12,14,16-17H,7-11H2,1-2H3,(H,21,26)(H,22,25,27)/t14-,16-,17-/m0/s1. The molecule has 0 spiro atoms. The first-order valence-electron chi connectivity index (χ1n) is 9.78. The number of nitrogens with zero attached hydrogens (tertiary/aromatic N) is 2. The fourth-order valence-electron chi connectivity index (χ4n) is 4.12. The van der Waals surface area contributed by atoms with E-state index in [2.05, 4.69) is 29.4 Å². The average Bonchev–Trinajstić information content (AvgIpc) is 3.22. The van der Waals surface area contributed by atoms with Gasteiger partial charge in [0.1, 0.15) is 6.54 Å². The number of ether oxygens (including phenoxy) is 1. The second-order valence-electron chi connectivity index (χ2n) is 8.12. The monoisotopic (exact) mass is 386 g/mol. The maximum atomic E-state index is 12.6. The average molecular weight is 386 g/mol. The molecule has 3 saturated heterocycles. The van der Waals surface area contributed by atoms with Crippen molar-refractivity contribution < 1.29 is 19.1 Å². The fourth-order valence-corrected chi connectivity index (χ4v) is 4.12. The van der Waals surface area contributed by atoms with Gasteiger partial charge in [-0.05, 0) is 36.6 Å². The predicted octanol–water partition coefficient (Wildman–Crippen LogP) is 0.970. The SMILES string of the molecule is CC(C)[C@@H]1CN2C[C@@H](NC(=O)c3ccc(N4CC(=O)NC4=O)cc3)C[C@H]2CO1. The minimum absolute atomic E-state index is 0.00309.